The highest BCUT2D eigenvalue weighted by molar-refractivity contribution is 8.00. The van der Waals surface area contributed by atoms with Crippen LogP contribution in [0, 0.1) is 0 Å². The number of amides is 2. The Balaban J connectivity index is 2.19. The van der Waals surface area contributed by atoms with Crippen molar-refractivity contribution >= 4 is 33.6 Å². The van der Waals surface area contributed by atoms with Gasteiger partial charge in [-0.2, -0.15) is 4.72 Å². The molecule has 2 atom stereocenters. The molecule has 1 aromatic rings. The first-order valence-corrected chi connectivity index (χ1v) is 8.76. The van der Waals surface area contributed by atoms with E-state index >= 15 is 0 Å². The van der Waals surface area contributed by atoms with E-state index < -0.39 is 40.5 Å². The van der Waals surface area contributed by atoms with Crippen molar-refractivity contribution in [2.45, 2.75) is 21.9 Å². The first-order valence-electron chi connectivity index (χ1n) is 6.30. The first kappa shape index (κ1) is 16.7. The van der Waals surface area contributed by atoms with Gasteiger partial charge in [-0.05, 0) is 12.1 Å². The third-order valence-electron chi connectivity index (χ3n) is 3.00. The highest BCUT2D eigenvalue weighted by Gasteiger charge is 2.32. The lowest BCUT2D eigenvalue weighted by molar-refractivity contribution is -0.128. The summed E-state index contributed by atoms with van der Waals surface area (Å²) in [5.41, 5.74) is 5.02. The summed E-state index contributed by atoms with van der Waals surface area (Å²) in [5, 5.41) is 11.2. The summed E-state index contributed by atoms with van der Waals surface area (Å²) < 4.78 is 26.8. The summed E-state index contributed by atoms with van der Waals surface area (Å²) in [6.45, 7) is -0.659. The van der Waals surface area contributed by atoms with E-state index in [1.807, 2.05) is 0 Å². The van der Waals surface area contributed by atoms with E-state index in [9.17, 15) is 18.0 Å². The molecule has 0 aliphatic carbocycles. The van der Waals surface area contributed by atoms with E-state index in [-0.39, 0.29) is 10.6 Å². The zero-order chi connectivity index (χ0) is 16.3. The number of benzene rings is 1. The Bertz CT molecular complexity index is 692. The van der Waals surface area contributed by atoms with Crippen LogP contribution in [0.15, 0.2) is 34.1 Å². The Morgan fingerprint density at radius 2 is 2.14 bits per heavy atom. The van der Waals surface area contributed by atoms with Gasteiger partial charge in [0, 0.05) is 10.6 Å². The van der Waals surface area contributed by atoms with Crippen LogP contribution < -0.4 is 15.8 Å². The average Bonchev–Trinajstić information content (AvgIpc) is 2.61. The molecule has 0 saturated heterocycles. The number of hydrogen-bond donors (Lipinski definition) is 4. The molecule has 2 rings (SSSR count). The summed E-state index contributed by atoms with van der Waals surface area (Å²) in [6, 6.07) is 4.07. The Kier molecular flexibility index (Phi) is 5.06. The summed E-state index contributed by atoms with van der Waals surface area (Å²) in [7, 11) is -3.85. The van der Waals surface area contributed by atoms with Crippen LogP contribution in [0.3, 0.4) is 0 Å². The molecule has 0 saturated carbocycles. The quantitative estimate of drug-likeness (QED) is 0.518. The Morgan fingerprint density at radius 1 is 1.45 bits per heavy atom. The number of primary amides is 1. The zero-order valence-electron chi connectivity index (χ0n) is 11.4. The second-order valence-corrected chi connectivity index (χ2v) is 7.32. The van der Waals surface area contributed by atoms with Gasteiger partial charge in [-0.3, -0.25) is 9.59 Å². The number of aliphatic hydroxyl groups is 1. The average molecular weight is 345 g/mol. The number of hydrogen-bond acceptors (Lipinski definition) is 6. The Morgan fingerprint density at radius 3 is 2.77 bits per heavy atom. The Labute approximate surface area is 131 Å². The minimum absolute atomic E-state index is 0.101. The maximum absolute atomic E-state index is 12.3. The fourth-order valence-electron chi connectivity index (χ4n) is 1.86. The monoisotopic (exact) mass is 345 g/mol. The van der Waals surface area contributed by atoms with Crippen molar-refractivity contribution in [2.24, 2.45) is 5.73 Å². The van der Waals surface area contributed by atoms with Gasteiger partial charge in [-0.1, -0.05) is 12.1 Å². The smallest absolute Gasteiger partial charge is 0.242 e. The fourth-order valence-corrected chi connectivity index (χ4v) is 4.72. The second-order valence-electron chi connectivity index (χ2n) is 4.58. The standard InChI is InChI=1S/C12H15N3O5S2/c13-11(17)7(5-16)14-12(18)8-6-21-9-3-1-2-4-10(9)22(19,20)15-8/h1-4,7-8,15-16H,5-6H2,(H2,13,17)(H,14,18)/t7-,8-/m0/s1. The Hall–Kier alpha value is -1.62. The second kappa shape index (κ2) is 6.65. The SMILES string of the molecule is NC(=O)[C@H](CO)NC(=O)[C@@H]1CSc2ccccc2S(=O)(=O)N1. The highest BCUT2D eigenvalue weighted by Crippen LogP contribution is 2.29. The van der Waals surface area contributed by atoms with Gasteiger partial charge in [-0.15, -0.1) is 11.8 Å². The maximum Gasteiger partial charge on any atom is 0.242 e. The molecule has 1 aromatic carbocycles. The lowest BCUT2D eigenvalue weighted by atomic mass is 10.2. The van der Waals surface area contributed by atoms with Gasteiger partial charge in [0.2, 0.25) is 21.8 Å². The van der Waals surface area contributed by atoms with Crippen LogP contribution >= 0.6 is 11.8 Å². The number of sulfonamides is 1. The summed E-state index contributed by atoms with van der Waals surface area (Å²) in [6.07, 6.45) is 0. The molecule has 0 aromatic heterocycles. The molecule has 5 N–H and O–H groups in total. The van der Waals surface area contributed by atoms with Crippen LogP contribution in [0.25, 0.3) is 0 Å². The summed E-state index contributed by atoms with van der Waals surface area (Å²) >= 11 is 1.21. The van der Waals surface area contributed by atoms with Crippen molar-refractivity contribution in [2.75, 3.05) is 12.4 Å². The van der Waals surface area contributed by atoms with Crippen LogP contribution in [-0.2, 0) is 19.6 Å². The molecule has 0 fully saturated rings. The van der Waals surface area contributed by atoms with Crippen LogP contribution in [-0.4, -0.2) is 49.8 Å². The molecule has 0 unspecified atom stereocenters. The maximum atomic E-state index is 12.3. The van der Waals surface area contributed by atoms with Gasteiger partial charge in [0.05, 0.1) is 11.5 Å². The number of nitrogens with two attached hydrogens (primary N) is 1. The third-order valence-corrected chi connectivity index (χ3v) is 5.83. The van der Waals surface area contributed by atoms with Crippen LogP contribution in [0.1, 0.15) is 0 Å². The number of aliphatic hydroxyl groups excluding tert-OH is 1. The van der Waals surface area contributed by atoms with Crippen molar-refractivity contribution in [1.82, 2.24) is 10.0 Å². The number of carbonyl (C=O) groups excluding carboxylic acids is 2. The molecule has 1 heterocycles. The van der Waals surface area contributed by atoms with E-state index in [2.05, 4.69) is 10.0 Å². The van der Waals surface area contributed by atoms with Crippen LogP contribution in [0.4, 0.5) is 0 Å². The number of rotatable bonds is 4. The normalized spacial score (nSPS) is 21.2. The van der Waals surface area contributed by atoms with Gasteiger partial charge in [0.25, 0.3) is 0 Å². The molecule has 1 aliphatic rings. The summed E-state index contributed by atoms with van der Waals surface area (Å²) in [5.74, 6) is -1.47. The molecule has 120 valence electrons. The predicted octanol–water partition coefficient (Wildman–Crippen LogP) is -1.60. The zero-order valence-corrected chi connectivity index (χ0v) is 13.0. The lowest BCUT2D eigenvalue weighted by Crippen LogP contribution is -2.54. The molecule has 0 radical (unpaired) electrons. The topological polar surface area (TPSA) is 139 Å². The van der Waals surface area contributed by atoms with Crippen LogP contribution in [0.2, 0.25) is 0 Å². The van der Waals surface area contributed by atoms with E-state index in [0.29, 0.717) is 4.90 Å². The van der Waals surface area contributed by atoms with Gasteiger partial charge in [-0.25, -0.2) is 8.42 Å². The van der Waals surface area contributed by atoms with Gasteiger partial charge in [0.15, 0.2) is 0 Å². The van der Waals surface area contributed by atoms with Gasteiger partial charge in [0.1, 0.15) is 12.1 Å². The molecular weight excluding hydrogens is 330 g/mol. The fraction of sp³-hybridized carbons (Fsp3) is 0.333. The van der Waals surface area contributed by atoms with Crippen molar-refractivity contribution in [3.05, 3.63) is 24.3 Å². The molecule has 2 amide bonds. The van der Waals surface area contributed by atoms with E-state index in [4.69, 9.17) is 10.8 Å². The number of carbonyl (C=O) groups is 2. The van der Waals surface area contributed by atoms with Gasteiger partial charge >= 0.3 is 0 Å². The minimum Gasteiger partial charge on any atom is -0.394 e. The summed E-state index contributed by atoms with van der Waals surface area (Å²) in [4.78, 5) is 23.8. The van der Waals surface area contributed by atoms with Gasteiger partial charge < -0.3 is 16.2 Å². The number of thioether (sulfide) groups is 1. The van der Waals surface area contributed by atoms with E-state index in [0.717, 1.165) is 0 Å². The molecule has 1 aliphatic heterocycles. The lowest BCUT2D eigenvalue weighted by Gasteiger charge is -2.18. The third kappa shape index (κ3) is 3.58. The predicted molar refractivity (Wildman–Crippen MR) is 79.5 cm³/mol. The van der Waals surface area contributed by atoms with E-state index in [1.54, 1.807) is 18.2 Å². The molecule has 22 heavy (non-hydrogen) atoms. The van der Waals surface area contributed by atoms with Crippen molar-refractivity contribution in [3.8, 4) is 0 Å². The number of nitrogens with one attached hydrogen (secondary N) is 2. The van der Waals surface area contributed by atoms with Crippen molar-refractivity contribution < 1.29 is 23.1 Å². The molecule has 8 nitrogen and oxygen atoms in total. The molecule has 0 spiro atoms. The molecule has 0 bridgehead atoms. The highest BCUT2D eigenvalue weighted by atomic mass is 32.2. The van der Waals surface area contributed by atoms with Crippen molar-refractivity contribution in [3.63, 3.8) is 0 Å². The molecule has 10 heteroatoms. The number of fused-ring (bicyclic) bond motifs is 1. The largest absolute Gasteiger partial charge is 0.394 e. The molecular formula is C12H15N3O5S2. The van der Waals surface area contributed by atoms with E-state index in [1.165, 1.54) is 17.8 Å². The first-order chi connectivity index (χ1) is 10.3. The van der Waals surface area contributed by atoms with Crippen LogP contribution in [0.5, 0.6) is 0 Å². The van der Waals surface area contributed by atoms with Crippen molar-refractivity contribution in [1.29, 1.82) is 0 Å². The minimum atomic E-state index is -3.85.